The van der Waals surface area contributed by atoms with Gasteiger partial charge in [0, 0.05) is 29.5 Å². The van der Waals surface area contributed by atoms with Crippen LogP contribution in [0.25, 0.3) is 0 Å². The zero-order chi connectivity index (χ0) is 22.4. The van der Waals surface area contributed by atoms with Crippen LogP contribution in [-0.2, 0) is 24.8 Å². The molecule has 0 bridgehead atoms. The number of hydrogen-bond donors (Lipinski definition) is 1. The third kappa shape index (κ3) is 4.00. The quantitative estimate of drug-likeness (QED) is 0.660. The van der Waals surface area contributed by atoms with Gasteiger partial charge in [0.2, 0.25) is 5.91 Å². The Labute approximate surface area is 188 Å². The van der Waals surface area contributed by atoms with Gasteiger partial charge in [-0.1, -0.05) is 12.1 Å². The first kappa shape index (κ1) is 22.3. The third-order valence-corrected chi connectivity index (χ3v) is 11.1. The lowest BCUT2D eigenvalue weighted by Gasteiger charge is -2.24. The molecule has 0 radical (unpaired) electrons. The fourth-order valence-electron chi connectivity index (χ4n) is 3.33. The van der Waals surface area contributed by atoms with Gasteiger partial charge in [-0.2, -0.15) is 16.1 Å². The van der Waals surface area contributed by atoms with Crippen molar-refractivity contribution >= 4 is 60.6 Å². The Morgan fingerprint density at radius 2 is 1.87 bits per heavy atom. The summed E-state index contributed by atoms with van der Waals surface area (Å²) in [7, 11) is -7.76. The van der Waals surface area contributed by atoms with E-state index >= 15 is 0 Å². The fourth-order valence-corrected chi connectivity index (χ4v) is 8.98. The normalized spacial score (nSPS) is 18.7. The molecule has 13 heteroatoms. The summed E-state index contributed by atoms with van der Waals surface area (Å²) in [4.78, 5) is 25.4. The minimum atomic E-state index is -4.10. The molecule has 4 rings (SSSR count). The number of fused-ring (bicyclic) bond motifs is 1. The summed E-state index contributed by atoms with van der Waals surface area (Å²) in [5.41, 5.74) is 0.302. The van der Waals surface area contributed by atoms with Crippen LogP contribution in [0.1, 0.15) is 15.2 Å². The maximum absolute atomic E-state index is 12.9. The summed E-state index contributed by atoms with van der Waals surface area (Å²) in [5, 5.41) is 2.54. The van der Waals surface area contributed by atoms with Crippen molar-refractivity contribution in [1.82, 2.24) is 8.61 Å². The van der Waals surface area contributed by atoms with Crippen LogP contribution in [0.2, 0.25) is 0 Å². The molecule has 0 unspecified atom stereocenters. The number of thioether (sulfide) groups is 1. The number of benzene rings is 1. The maximum atomic E-state index is 12.9. The average Bonchev–Trinajstić information content (AvgIpc) is 3.20. The highest BCUT2D eigenvalue weighted by Gasteiger charge is 2.42. The van der Waals surface area contributed by atoms with Crippen LogP contribution in [0.3, 0.4) is 0 Å². The van der Waals surface area contributed by atoms with E-state index in [9.17, 15) is 26.4 Å². The lowest BCUT2D eigenvalue weighted by molar-refractivity contribution is -0.116. The van der Waals surface area contributed by atoms with E-state index < -0.39 is 38.4 Å². The lowest BCUT2D eigenvalue weighted by atomic mass is 10.2. The predicted octanol–water partition coefficient (Wildman–Crippen LogP) is 1.58. The van der Waals surface area contributed by atoms with E-state index in [1.807, 2.05) is 0 Å². The van der Waals surface area contributed by atoms with E-state index in [0.717, 1.165) is 22.8 Å². The fraction of sp³-hybridized carbons (Fsp3) is 0.333. The SMILES string of the molecule is Cc1sc(S(=O)(=O)N2CCSCC2)cc1NC(=O)CN1C(=O)c2ccccc2S1(=O)=O. The predicted molar refractivity (Wildman–Crippen MR) is 118 cm³/mol. The summed E-state index contributed by atoms with van der Waals surface area (Å²) >= 11 is 2.74. The Bertz CT molecular complexity index is 1260. The van der Waals surface area contributed by atoms with Crippen LogP contribution in [0.4, 0.5) is 5.69 Å². The molecule has 9 nitrogen and oxygen atoms in total. The molecule has 166 valence electrons. The van der Waals surface area contributed by atoms with E-state index in [1.165, 1.54) is 28.6 Å². The molecule has 0 aliphatic carbocycles. The van der Waals surface area contributed by atoms with Gasteiger partial charge in [0.25, 0.3) is 26.0 Å². The van der Waals surface area contributed by atoms with Gasteiger partial charge in [0.05, 0.1) is 11.3 Å². The number of carbonyl (C=O) groups is 2. The van der Waals surface area contributed by atoms with Gasteiger partial charge >= 0.3 is 0 Å². The van der Waals surface area contributed by atoms with Gasteiger partial charge in [0.15, 0.2) is 0 Å². The van der Waals surface area contributed by atoms with Crippen molar-refractivity contribution in [2.75, 3.05) is 36.5 Å². The first-order valence-electron chi connectivity index (χ1n) is 9.26. The Balaban J connectivity index is 1.51. The van der Waals surface area contributed by atoms with Crippen LogP contribution in [0.5, 0.6) is 0 Å². The Kier molecular flexibility index (Phi) is 5.89. The minimum Gasteiger partial charge on any atom is -0.323 e. The van der Waals surface area contributed by atoms with Crippen LogP contribution in [0.15, 0.2) is 39.4 Å². The summed E-state index contributed by atoms with van der Waals surface area (Å²) in [5.74, 6) is -0.0371. The Morgan fingerprint density at radius 1 is 1.19 bits per heavy atom. The number of carbonyl (C=O) groups excluding carboxylic acids is 2. The highest BCUT2D eigenvalue weighted by Crippen LogP contribution is 2.33. The second-order valence-corrected chi connectivity index (χ2v) is 13.4. The first-order valence-corrected chi connectivity index (χ1v) is 14.1. The number of sulfonamides is 2. The lowest BCUT2D eigenvalue weighted by Crippen LogP contribution is -2.37. The molecule has 0 spiro atoms. The molecule has 1 N–H and O–H groups in total. The second kappa shape index (κ2) is 8.20. The molecule has 2 amide bonds. The maximum Gasteiger partial charge on any atom is 0.269 e. The van der Waals surface area contributed by atoms with Crippen molar-refractivity contribution in [3.8, 4) is 0 Å². The number of thiophene rings is 1. The van der Waals surface area contributed by atoms with Crippen molar-refractivity contribution in [2.45, 2.75) is 16.0 Å². The van der Waals surface area contributed by atoms with E-state index in [4.69, 9.17) is 0 Å². The zero-order valence-corrected chi connectivity index (χ0v) is 19.7. The van der Waals surface area contributed by atoms with Gasteiger partial charge in [-0.25, -0.2) is 21.1 Å². The Morgan fingerprint density at radius 3 is 2.55 bits per heavy atom. The molecule has 31 heavy (non-hydrogen) atoms. The summed E-state index contributed by atoms with van der Waals surface area (Å²) in [6, 6.07) is 7.15. The zero-order valence-electron chi connectivity index (χ0n) is 16.4. The van der Waals surface area contributed by atoms with Gasteiger partial charge in [-0.05, 0) is 25.1 Å². The van der Waals surface area contributed by atoms with Gasteiger partial charge in [-0.3, -0.25) is 9.59 Å². The number of rotatable bonds is 5. The number of anilines is 1. The molecule has 1 saturated heterocycles. The highest BCUT2D eigenvalue weighted by molar-refractivity contribution is 7.99. The minimum absolute atomic E-state index is 0.0232. The van der Waals surface area contributed by atoms with Gasteiger partial charge in [0.1, 0.15) is 15.6 Å². The van der Waals surface area contributed by atoms with Gasteiger partial charge in [-0.15, -0.1) is 11.3 Å². The molecule has 1 aromatic carbocycles. The second-order valence-electron chi connectivity index (χ2n) is 6.91. The van der Waals surface area contributed by atoms with Gasteiger partial charge < -0.3 is 5.32 Å². The Hall–Kier alpha value is -1.93. The van der Waals surface area contributed by atoms with E-state index in [0.29, 0.717) is 22.3 Å². The topological polar surface area (TPSA) is 121 Å². The molecular weight excluding hydrogens is 482 g/mol. The molecule has 1 aromatic heterocycles. The number of aryl methyl sites for hydroxylation is 1. The smallest absolute Gasteiger partial charge is 0.269 e. The molecule has 0 saturated carbocycles. The summed E-state index contributed by atoms with van der Waals surface area (Å²) in [6.45, 7) is 1.83. The van der Waals surface area contributed by atoms with Crippen molar-refractivity contribution < 1.29 is 26.4 Å². The first-order chi connectivity index (χ1) is 14.6. The number of nitrogens with zero attached hydrogens (tertiary/aromatic N) is 2. The molecule has 2 aliphatic heterocycles. The van der Waals surface area contributed by atoms with E-state index in [2.05, 4.69) is 5.32 Å². The molecular formula is C18H19N3O6S4. The number of hydrogen-bond acceptors (Lipinski definition) is 8. The standard InChI is InChI=1S/C18H19N3O6S4/c1-12-14(10-17(29-12)31(26,27)20-6-8-28-9-7-20)19-16(22)11-21-18(23)13-4-2-3-5-15(13)30(21,24)25/h2-5,10H,6-9,11H2,1H3,(H,19,22). The van der Waals surface area contributed by atoms with Crippen molar-refractivity contribution in [3.05, 3.63) is 40.8 Å². The van der Waals surface area contributed by atoms with Crippen LogP contribution >= 0.6 is 23.1 Å². The van der Waals surface area contributed by atoms with E-state index in [-0.39, 0.29) is 20.4 Å². The van der Waals surface area contributed by atoms with E-state index in [1.54, 1.807) is 24.8 Å². The van der Waals surface area contributed by atoms with Crippen LogP contribution in [0, 0.1) is 6.92 Å². The third-order valence-electron chi connectivity index (χ3n) is 4.93. The molecule has 2 aliphatic rings. The van der Waals surface area contributed by atoms with Crippen molar-refractivity contribution in [1.29, 1.82) is 0 Å². The molecule has 2 aromatic rings. The van der Waals surface area contributed by atoms with Crippen molar-refractivity contribution in [2.24, 2.45) is 0 Å². The average molecular weight is 502 g/mol. The summed E-state index contributed by atoms with van der Waals surface area (Å²) in [6.07, 6.45) is 0. The largest absolute Gasteiger partial charge is 0.323 e. The van der Waals surface area contributed by atoms with Crippen LogP contribution in [-0.4, -0.2) is 68.4 Å². The summed E-state index contributed by atoms with van der Waals surface area (Å²) < 4.78 is 53.0. The number of nitrogens with one attached hydrogen (secondary N) is 1. The molecule has 1 fully saturated rings. The van der Waals surface area contributed by atoms with Crippen LogP contribution < -0.4 is 5.32 Å². The number of amides is 2. The molecule has 0 atom stereocenters. The monoisotopic (exact) mass is 501 g/mol. The highest BCUT2D eigenvalue weighted by atomic mass is 32.2. The molecule has 3 heterocycles. The van der Waals surface area contributed by atoms with Crippen molar-refractivity contribution in [3.63, 3.8) is 0 Å².